The smallest absolute Gasteiger partial charge is 0.256 e. The molecule has 0 aliphatic rings. The molecule has 0 amide bonds. The maximum atomic E-state index is 12.9. The first-order valence-corrected chi connectivity index (χ1v) is 7.51. The van der Waals surface area contributed by atoms with Crippen LogP contribution in [0, 0.1) is 11.3 Å². The van der Waals surface area contributed by atoms with Gasteiger partial charge in [0.15, 0.2) is 11.4 Å². The van der Waals surface area contributed by atoms with Crippen molar-refractivity contribution in [2.24, 2.45) is 0 Å². The topological polar surface area (TPSA) is 67.2 Å². The summed E-state index contributed by atoms with van der Waals surface area (Å²) in [5.74, 6) is -0.349. The second-order valence-corrected chi connectivity index (χ2v) is 6.19. The highest BCUT2D eigenvalue weighted by Gasteiger charge is 2.40. The predicted molar refractivity (Wildman–Crippen MR) is 70.0 cm³/mol. The molecule has 4 nitrogen and oxygen atoms in total. The molecule has 1 aromatic rings. The minimum absolute atomic E-state index is 0.169. The number of hydrogen-bond donors (Lipinski definition) is 0. The lowest BCUT2D eigenvalue weighted by Crippen LogP contribution is -2.25. The molecule has 1 rings (SSSR count). The van der Waals surface area contributed by atoms with E-state index in [1.54, 1.807) is 44.2 Å². The van der Waals surface area contributed by atoms with Crippen LogP contribution in [0.1, 0.15) is 20.3 Å². The molecular weight excluding hydrogens is 249 g/mol. The second-order valence-electron chi connectivity index (χ2n) is 3.70. The molecule has 0 unspecified atom stereocenters. The fourth-order valence-electron chi connectivity index (χ4n) is 1.66. The van der Waals surface area contributed by atoms with E-state index in [0.717, 1.165) is 0 Å². The Morgan fingerprint density at radius 1 is 1.39 bits per heavy atom. The first-order valence-electron chi connectivity index (χ1n) is 5.82. The summed E-state index contributed by atoms with van der Waals surface area (Å²) in [5.41, 5.74) is -1.22. The van der Waals surface area contributed by atoms with Crippen LogP contribution in [0.25, 0.3) is 0 Å². The predicted octanol–water partition coefficient (Wildman–Crippen LogP) is 2.50. The van der Waals surface area contributed by atoms with Gasteiger partial charge in [-0.2, -0.15) is 5.26 Å². The van der Waals surface area contributed by atoms with Crippen LogP contribution in [0.15, 0.2) is 30.3 Å². The van der Waals surface area contributed by atoms with Gasteiger partial charge in [-0.25, -0.2) is 0 Å². The maximum Gasteiger partial charge on any atom is 0.256 e. The highest BCUT2D eigenvalue weighted by Crippen LogP contribution is 2.51. The number of rotatable bonds is 6. The van der Waals surface area contributed by atoms with Crippen LogP contribution in [0.3, 0.4) is 0 Å². The molecule has 0 aromatic heterocycles. The van der Waals surface area contributed by atoms with E-state index >= 15 is 0 Å². The Hall–Kier alpha value is -1.43. The number of ketones is 1. The SMILES string of the molecule is CCO[P@](=O)(c1ccccc1)[C@H](C#N)C(=O)CC. The third-order valence-corrected chi connectivity index (χ3v) is 5.30. The van der Waals surface area contributed by atoms with Gasteiger partial charge in [-0.15, -0.1) is 0 Å². The highest BCUT2D eigenvalue weighted by atomic mass is 31.2. The molecule has 96 valence electrons. The highest BCUT2D eigenvalue weighted by molar-refractivity contribution is 7.68. The summed E-state index contributed by atoms with van der Waals surface area (Å²) in [7, 11) is -3.47. The second kappa shape index (κ2) is 6.49. The van der Waals surface area contributed by atoms with Gasteiger partial charge < -0.3 is 4.52 Å². The van der Waals surface area contributed by atoms with Gasteiger partial charge in [0, 0.05) is 11.7 Å². The van der Waals surface area contributed by atoms with Crippen molar-refractivity contribution >= 4 is 18.5 Å². The van der Waals surface area contributed by atoms with E-state index in [0.29, 0.717) is 5.30 Å². The van der Waals surface area contributed by atoms with E-state index < -0.39 is 13.0 Å². The van der Waals surface area contributed by atoms with Gasteiger partial charge >= 0.3 is 0 Å². The third kappa shape index (κ3) is 2.87. The Morgan fingerprint density at radius 3 is 2.44 bits per heavy atom. The van der Waals surface area contributed by atoms with Crippen molar-refractivity contribution in [2.45, 2.75) is 25.9 Å². The van der Waals surface area contributed by atoms with Crippen LogP contribution < -0.4 is 5.30 Å². The molecule has 0 saturated carbocycles. The lowest BCUT2D eigenvalue weighted by molar-refractivity contribution is -0.117. The average Bonchev–Trinajstić information content (AvgIpc) is 2.40. The molecule has 0 radical (unpaired) electrons. The van der Waals surface area contributed by atoms with Crippen molar-refractivity contribution in [1.82, 2.24) is 0 Å². The van der Waals surface area contributed by atoms with Crippen molar-refractivity contribution in [3.05, 3.63) is 30.3 Å². The van der Waals surface area contributed by atoms with Gasteiger partial charge in [-0.3, -0.25) is 9.36 Å². The van der Waals surface area contributed by atoms with Gasteiger partial charge in [0.2, 0.25) is 0 Å². The van der Waals surface area contributed by atoms with Crippen molar-refractivity contribution in [2.75, 3.05) is 6.61 Å². The Kier molecular flexibility index (Phi) is 5.27. The van der Waals surface area contributed by atoms with E-state index in [1.807, 2.05) is 6.07 Å². The van der Waals surface area contributed by atoms with Crippen molar-refractivity contribution in [3.63, 3.8) is 0 Å². The van der Waals surface area contributed by atoms with E-state index in [1.165, 1.54) is 0 Å². The maximum absolute atomic E-state index is 12.9. The number of nitrogens with zero attached hydrogens (tertiary/aromatic N) is 1. The summed E-state index contributed by atoms with van der Waals surface area (Å²) in [5, 5.41) is 9.54. The average molecular weight is 265 g/mol. The van der Waals surface area contributed by atoms with Gasteiger partial charge in [0.05, 0.1) is 12.7 Å². The number of carbonyl (C=O) groups excluding carboxylic acids is 1. The summed E-state index contributed by atoms with van der Waals surface area (Å²) < 4.78 is 18.2. The Labute approximate surface area is 107 Å². The van der Waals surface area contributed by atoms with Gasteiger partial charge in [-0.05, 0) is 19.1 Å². The molecule has 0 heterocycles. The lowest BCUT2D eigenvalue weighted by atomic mass is 10.2. The molecule has 0 saturated heterocycles. The zero-order valence-electron chi connectivity index (χ0n) is 10.5. The molecule has 0 bridgehead atoms. The molecule has 0 spiro atoms. The van der Waals surface area contributed by atoms with E-state index in [2.05, 4.69) is 0 Å². The zero-order valence-corrected chi connectivity index (χ0v) is 11.4. The molecular formula is C13H16NO3P. The number of carbonyl (C=O) groups is 1. The molecule has 0 fully saturated rings. The Morgan fingerprint density at radius 2 is 2.00 bits per heavy atom. The molecule has 1 aromatic carbocycles. The van der Waals surface area contributed by atoms with Crippen molar-refractivity contribution in [1.29, 1.82) is 5.26 Å². The number of benzene rings is 1. The quantitative estimate of drug-likeness (QED) is 0.741. The lowest BCUT2D eigenvalue weighted by Gasteiger charge is -2.21. The first kappa shape index (κ1) is 14.6. The van der Waals surface area contributed by atoms with Gasteiger partial charge in [-0.1, -0.05) is 25.1 Å². The van der Waals surface area contributed by atoms with E-state index in [4.69, 9.17) is 9.79 Å². The third-order valence-electron chi connectivity index (χ3n) is 2.55. The Balaban J connectivity index is 3.27. The Bertz CT molecular complexity index is 493. The van der Waals surface area contributed by atoms with E-state index in [9.17, 15) is 9.36 Å². The monoisotopic (exact) mass is 265 g/mol. The molecule has 0 aliphatic carbocycles. The normalized spacial score (nSPS) is 15.4. The fraction of sp³-hybridized carbons (Fsp3) is 0.385. The summed E-state index contributed by atoms with van der Waals surface area (Å²) >= 11 is 0. The summed E-state index contributed by atoms with van der Waals surface area (Å²) in [6.07, 6.45) is 0.169. The van der Waals surface area contributed by atoms with Crippen LogP contribution in [-0.4, -0.2) is 18.0 Å². The molecule has 0 aliphatic heterocycles. The standard InChI is InChI=1S/C13H16NO3P/c1-3-12(15)13(10-14)18(16,17-4-2)11-8-6-5-7-9-11/h5-9,13H,3-4H2,1-2H3/t13-,18-/m1/s1. The van der Waals surface area contributed by atoms with Crippen LogP contribution >= 0.6 is 7.37 Å². The van der Waals surface area contributed by atoms with Gasteiger partial charge in [0.1, 0.15) is 0 Å². The number of hydrogen-bond acceptors (Lipinski definition) is 4. The summed E-state index contributed by atoms with van der Waals surface area (Å²) in [6.45, 7) is 3.54. The minimum Gasteiger partial charge on any atom is -0.324 e. The minimum atomic E-state index is -3.47. The number of Topliss-reactive ketones (excluding diaryl/α,β-unsaturated/α-hetero) is 1. The van der Waals surface area contributed by atoms with Crippen LogP contribution in [0.2, 0.25) is 0 Å². The largest absolute Gasteiger partial charge is 0.324 e. The fourth-order valence-corrected chi connectivity index (χ4v) is 3.94. The molecule has 2 atom stereocenters. The van der Waals surface area contributed by atoms with Crippen LogP contribution in [0.4, 0.5) is 0 Å². The van der Waals surface area contributed by atoms with Gasteiger partial charge in [0.25, 0.3) is 7.37 Å². The molecule has 0 N–H and O–H groups in total. The van der Waals surface area contributed by atoms with E-state index in [-0.39, 0.29) is 18.8 Å². The number of nitriles is 1. The van der Waals surface area contributed by atoms with Crippen molar-refractivity contribution in [3.8, 4) is 6.07 Å². The van der Waals surface area contributed by atoms with Crippen molar-refractivity contribution < 1.29 is 13.9 Å². The zero-order chi connectivity index (χ0) is 13.6. The summed E-state index contributed by atoms with van der Waals surface area (Å²) in [6, 6.07) is 10.3. The molecule has 5 heteroatoms. The first-order chi connectivity index (χ1) is 8.60. The molecule has 18 heavy (non-hydrogen) atoms. The van der Waals surface area contributed by atoms with Crippen LogP contribution in [0.5, 0.6) is 0 Å². The summed E-state index contributed by atoms with van der Waals surface area (Å²) in [4.78, 5) is 11.8. The van der Waals surface area contributed by atoms with Crippen LogP contribution in [-0.2, 0) is 13.9 Å².